The van der Waals surface area contributed by atoms with Crippen LogP contribution in [0.2, 0.25) is 0 Å². The number of nitrogens with one attached hydrogen (secondary N) is 11. The molecule has 31 heteroatoms. The van der Waals surface area contributed by atoms with Crippen LogP contribution in [0.1, 0.15) is 258 Å². The minimum Gasteiger partial charge on any atom is -0.464 e. The summed E-state index contributed by atoms with van der Waals surface area (Å²) >= 11 is 0. The van der Waals surface area contributed by atoms with Crippen molar-refractivity contribution in [1.82, 2.24) is 58.5 Å². The van der Waals surface area contributed by atoms with Crippen molar-refractivity contribution in [3.63, 3.8) is 0 Å². The smallest absolute Gasteiger partial charge is 0.408 e. The second-order valence-electron chi connectivity index (χ2n) is 34.3. The van der Waals surface area contributed by atoms with Crippen LogP contribution in [0.15, 0.2) is 0 Å². The molecule has 0 radical (unpaired) electrons. The lowest BCUT2D eigenvalue weighted by molar-refractivity contribution is -0.159. The van der Waals surface area contributed by atoms with Crippen LogP contribution >= 0.6 is 0 Å². The maximum atomic E-state index is 14.3. The summed E-state index contributed by atoms with van der Waals surface area (Å²) in [6, 6.07) is -13.4. The van der Waals surface area contributed by atoms with Crippen LogP contribution in [0.4, 0.5) is 4.79 Å². The Balaban J connectivity index is 6.52. The lowest BCUT2D eigenvalue weighted by Crippen LogP contribution is -2.59. The zero-order chi connectivity index (χ0) is 85.1. The van der Waals surface area contributed by atoms with Crippen LogP contribution in [0, 0.1) is 59.2 Å². The van der Waals surface area contributed by atoms with E-state index in [1.807, 2.05) is 69.2 Å². The van der Waals surface area contributed by atoms with Gasteiger partial charge in [0.15, 0.2) is 18.3 Å². The number of alkyl carbamates (subject to hydrolysis) is 1. The van der Waals surface area contributed by atoms with Crippen molar-refractivity contribution in [3.05, 3.63) is 0 Å². The van der Waals surface area contributed by atoms with Gasteiger partial charge >= 0.3 is 30.0 Å². The molecule has 0 aliphatic heterocycles. The SMILES string of the molecule is CCOC(=O)[C@H](CC(C)C)NC(=O)[C@H](CC(C)C)NC(=O)[C@H](C)OC(=O)[C@H](CC(C)C)NC(=O)[C@H](CC(C)C)NC(=O)[C@H](C)OC(=O)[C@H](CC(C)C)NC(=O)[C@H](CC(C)C)NC(=O)[C@H](C)OC(=O)[C@H](CC(C)C)NC(=O)[C@H](CC(C)C)NC(=O)[C@H](C)NC(=O)[C@H](CC(C)C)NC(=O)[C@H](CC(C)C)NC(=O)OC(C)(C)C. The van der Waals surface area contributed by atoms with Crippen molar-refractivity contribution in [3.8, 4) is 0 Å². The predicted molar refractivity (Wildman–Crippen MR) is 416 cm³/mol. The predicted octanol–water partition coefficient (Wildman–Crippen LogP) is 6.57. The van der Waals surface area contributed by atoms with Gasteiger partial charge in [-0.05, 0) is 179 Å². The van der Waals surface area contributed by atoms with E-state index in [9.17, 15) is 71.9 Å². The Morgan fingerprint density at radius 2 is 0.418 bits per heavy atom. The summed E-state index contributed by atoms with van der Waals surface area (Å²) in [7, 11) is 0. The van der Waals surface area contributed by atoms with Gasteiger partial charge in [-0.2, -0.15) is 0 Å². The Kier molecular flexibility index (Phi) is 46.3. The average Bonchev–Trinajstić information content (AvgIpc) is 0.867. The number of amides is 11. The Labute approximate surface area is 654 Å². The molecule has 11 N–H and O–H groups in total. The van der Waals surface area contributed by atoms with E-state index < -0.39 is 179 Å². The molecule has 0 unspecified atom stereocenters. The Morgan fingerprint density at radius 1 is 0.236 bits per heavy atom. The largest absolute Gasteiger partial charge is 0.464 e. The van der Waals surface area contributed by atoms with E-state index in [4.69, 9.17) is 23.7 Å². The van der Waals surface area contributed by atoms with Gasteiger partial charge in [0.05, 0.1) is 6.61 Å². The number of carbonyl (C=O) groups is 15. The minimum atomic E-state index is -1.56. The van der Waals surface area contributed by atoms with Crippen LogP contribution in [-0.4, -0.2) is 186 Å². The number of ether oxygens (including phenoxy) is 5. The third kappa shape index (κ3) is 42.3. The molecule has 0 aliphatic rings. The van der Waals surface area contributed by atoms with Gasteiger partial charge in [-0.15, -0.1) is 0 Å². The zero-order valence-electron chi connectivity index (χ0n) is 71.3. The molecule has 31 nitrogen and oxygen atoms in total. The van der Waals surface area contributed by atoms with Crippen molar-refractivity contribution in [2.75, 3.05) is 6.61 Å². The van der Waals surface area contributed by atoms with Crippen LogP contribution in [-0.2, 0) is 90.8 Å². The molecule has 0 aromatic carbocycles. The number of hydrogen-bond acceptors (Lipinski definition) is 20. The molecule has 11 amide bonds. The molecule has 0 saturated carbocycles. The summed E-state index contributed by atoms with van der Waals surface area (Å²) < 4.78 is 27.5. The Morgan fingerprint density at radius 3 is 0.636 bits per heavy atom. The van der Waals surface area contributed by atoms with Gasteiger partial charge in [-0.3, -0.25) is 47.9 Å². The van der Waals surface area contributed by atoms with Gasteiger partial charge < -0.3 is 82.2 Å². The first kappa shape index (κ1) is 102. The molecule has 0 heterocycles. The van der Waals surface area contributed by atoms with Gasteiger partial charge in [0.25, 0.3) is 17.7 Å². The minimum absolute atomic E-state index is 0.00340. The van der Waals surface area contributed by atoms with Gasteiger partial charge in [-0.25, -0.2) is 24.0 Å². The number of rotatable bonds is 49. The van der Waals surface area contributed by atoms with Crippen molar-refractivity contribution in [2.24, 2.45) is 59.2 Å². The van der Waals surface area contributed by atoms with E-state index in [1.54, 1.807) is 96.9 Å². The quantitative estimate of drug-likeness (QED) is 0.0227. The van der Waals surface area contributed by atoms with Crippen LogP contribution < -0.4 is 58.5 Å². The molecule has 0 saturated heterocycles. The molecule has 14 atom stereocenters. The van der Waals surface area contributed by atoms with E-state index in [0.29, 0.717) is 0 Å². The number of hydrogen-bond donors (Lipinski definition) is 11. The highest BCUT2D eigenvalue weighted by molar-refractivity contribution is 5.98. The van der Waals surface area contributed by atoms with Gasteiger partial charge in [0.2, 0.25) is 41.4 Å². The normalized spacial score (nSPS) is 15.6. The molecule has 0 aromatic heterocycles. The molecule has 0 bridgehead atoms. The summed E-state index contributed by atoms with van der Waals surface area (Å²) in [5.74, 6) is -12.9. The molecular weight excluding hydrogens is 1420 g/mol. The average molecular weight is 1570 g/mol. The molecular formula is C79H141N11O20. The third-order valence-corrected chi connectivity index (χ3v) is 16.7. The molecule has 110 heavy (non-hydrogen) atoms. The fourth-order valence-electron chi connectivity index (χ4n) is 11.5. The van der Waals surface area contributed by atoms with E-state index >= 15 is 0 Å². The second-order valence-corrected chi connectivity index (χ2v) is 34.3. The highest BCUT2D eigenvalue weighted by Crippen LogP contribution is 2.19. The maximum absolute atomic E-state index is 14.3. The standard InChI is InChI=1S/C79H141N11O20/c1-29-106-74(101)60(36-46(14)15)86-70(97)56(32-42(6)7)82-65(92)51(23)108-76(103)62(38-48(18)19)88-72(99)58(34-44(10)11)84-67(94)53(25)109-77(104)63(39-49(20)21)89-71(98)57(33-43(8)9)83-66(93)52(24)107-75(102)61(37-47(16)17)87-69(96)55(31-41(4)5)81-64(91)50(22)80-68(95)54(30-40(2)3)85-73(100)59(35-45(12)13)90-78(105)110-79(26,27)28/h40-63H,29-39H2,1-28H3,(H,80,95)(H,81,91)(H,82,92)(H,83,93)(H,84,94)(H,85,100)(H,86,97)(H,87,96)(H,88,99)(H,89,98)(H,90,105)/t50-,51-,52-,53-,54-,55-,56-,57-,58-,59-,60-,61-,62-,63-/m0/s1. The molecule has 0 rings (SSSR count). The van der Waals surface area contributed by atoms with Crippen molar-refractivity contribution >= 4 is 89.0 Å². The molecule has 0 fully saturated rings. The van der Waals surface area contributed by atoms with Crippen LogP contribution in [0.25, 0.3) is 0 Å². The molecule has 0 spiro atoms. The maximum Gasteiger partial charge on any atom is 0.408 e. The first-order valence-electron chi connectivity index (χ1n) is 39.5. The summed E-state index contributed by atoms with van der Waals surface area (Å²) in [5, 5.41) is 29.3. The van der Waals surface area contributed by atoms with E-state index in [1.165, 1.54) is 27.7 Å². The van der Waals surface area contributed by atoms with Crippen LogP contribution in [0.5, 0.6) is 0 Å². The van der Waals surface area contributed by atoms with Gasteiger partial charge in [-0.1, -0.05) is 138 Å². The van der Waals surface area contributed by atoms with E-state index in [-0.39, 0.29) is 130 Å². The fraction of sp³-hybridized carbons (Fsp3) is 0.810. The summed E-state index contributed by atoms with van der Waals surface area (Å²) in [6.07, 6.45) is -4.30. The van der Waals surface area contributed by atoms with E-state index in [2.05, 4.69) is 58.5 Å². The lowest BCUT2D eigenvalue weighted by Gasteiger charge is -2.28. The molecule has 0 aromatic rings. The fourth-order valence-corrected chi connectivity index (χ4v) is 11.5. The molecule has 0 aliphatic carbocycles. The van der Waals surface area contributed by atoms with Crippen LogP contribution in [0.3, 0.4) is 0 Å². The first-order chi connectivity index (χ1) is 50.7. The monoisotopic (exact) mass is 1560 g/mol. The highest BCUT2D eigenvalue weighted by atomic mass is 16.6. The Hall–Kier alpha value is -8.15. The Bertz CT molecular complexity index is 2990. The van der Waals surface area contributed by atoms with E-state index in [0.717, 1.165) is 0 Å². The topological polar surface area (TPSA) is 435 Å². The zero-order valence-corrected chi connectivity index (χ0v) is 71.3. The number of carbonyl (C=O) groups excluding carboxylic acids is 15. The van der Waals surface area contributed by atoms with Crippen molar-refractivity contribution < 1.29 is 95.6 Å². The highest BCUT2D eigenvalue weighted by Gasteiger charge is 2.39. The van der Waals surface area contributed by atoms with Crippen molar-refractivity contribution in [1.29, 1.82) is 0 Å². The van der Waals surface area contributed by atoms with Gasteiger partial charge in [0.1, 0.15) is 72.1 Å². The second kappa shape index (κ2) is 50.0. The lowest BCUT2D eigenvalue weighted by atomic mass is 9.99. The number of esters is 4. The van der Waals surface area contributed by atoms with Crippen molar-refractivity contribution in [2.45, 2.75) is 348 Å². The summed E-state index contributed by atoms with van der Waals surface area (Å²) in [6.45, 7) is 48.4. The molecule has 632 valence electrons. The van der Waals surface area contributed by atoms with Gasteiger partial charge in [0, 0.05) is 0 Å². The summed E-state index contributed by atoms with van der Waals surface area (Å²) in [5.41, 5.74) is -0.841. The third-order valence-electron chi connectivity index (χ3n) is 16.7. The summed E-state index contributed by atoms with van der Waals surface area (Å²) in [4.78, 5) is 207. The first-order valence-corrected chi connectivity index (χ1v) is 39.5.